The van der Waals surface area contributed by atoms with Crippen molar-refractivity contribution >= 4 is 22.6 Å². The average molecular weight is 447 g/mol. The van der Waals surface area contributed by atoms with Crippen LogP contribution in [0.1, 0.15) is 82.4 Å². The molecule has 0 bridgehead atoms. The van der Waals surface area contributed by atoms with E-state index >= 15 is 0 Å². The fraction of sp³-hybridized carbons (Fsp3) is 0.609. The van der Waals surface area contributed by atoms with Gasteiger partial charge in [0.05, 0.1) is 12.2 Å². The average Bonchev–Trinajstić information content (AvgIpc) is 3.14. The molecule has 1 amide bonds. The van der Waals surface area contributed by atoms with Gasteiger partial charge in [-0.2, -0.15) is 0 Å². The molecule has 0 aliphatic heterocycles. The lowest BCUT2D eigenvalue weighted by Crippen LogP contribution is -2.39. The summed E-state index contributed by atoms with van der Waals surface area (Å²) in [6.07, 6.45) is 9.33. The van der Waals surface area contributed by atoms with Gasteiger partial charge >= 0.3 is 6.09 Å². The Labute approximate surface area is 188 Å². The van der Waals surface area contributed by atoms with Crippen molar-refractivity contribution < 1.29 is 14.6 Å². The largest absolute Gasteiger partial charge is 0.444 e. The first-order chi connectivity index (χ1) is 14.8. The number of aliphatic hydroxyl groups excluding tert-OH is 1. The van der Waals surface area contributed by atoms with Crippen LogP contribution in [0.25, 0.3) is 0 Å². The third-order valence-electron chi connectivity index (χ3n) is 5.46. The number of rotatable bonds is 6. The van der Waals surface area contributed by atoms with Gasteiger partial charge in [0.15, 0.2) is 5.13 Å². The molecule has 2 aromatic rings. The van der Waals surface area contributed by atoms with Crippen molar-refractivity contribution in [3.63, 3.8) is 0 Å². The van der Waals surface area contributed by atoms with Crippen LogP contribution in [0, 0.1) is 0 Å². The lowest BCUT2D eigenvalue weighted by Gasteiger charge is -2.24. The van der Waals surface area contributed by atoms with Crippen LogP contribution < -0.4 is 10.6 Å². The molecule has 8 heteroatoms. The van der Waals surface area contributed by atoms with Crippen LogP contribution >= 0.6 is 11.3 Å². The molecule has 1 unspecified atom stereocenters. The maximum atomic E-state index is 11.7. The highest BCUT2D eigenvalue weighted by Gasteiger charge is 2.22. The quantitative estimate of drug-likeness (QED) is 0.540. The number of hydrogen-bond acceptors (Lipinski definition) is 7. The zero-order valence-corrected chi connectivity index (χ0v) is 19.5. The lowest BCUT2D eigenvalue weighted by atomic mass is 9.82. The maximum absolute atomic E-state index is 11.7. The van der Waals surface area contributed by atoms with Crippen molar-refractivity contribution in [2.75, 3.05) is 11.9 Å². The van der Waals surface area contributed by atoms with Crippen LogP contribution in [0.2, 0.25) is 0 Å². The molecule has 0 saturated heterocycles. The van der Waals surface area contributed by atoms with E-state index in [2.05, 4.69) is 33.1 Å². The lowest BCUT2D eigenvalue weighted by molar-refractivity contribution is 0.0500. The van der Waals surface area contributed by atoms with E-state index in [1.54, 1.807) is 20.8 Å². The van der Waals surface area contributed by atoms with Gasteiger partial charge in [0, 0.05) is 23.7 Å². The molecule has 0 spiro atoms. The molecule has 1 fully saturated rings. The van der Waals surface area contributed by atoms with E-state index in [4.69, 9.17) is 9.72 Å². The summed E-state index contributed by atoms with van der Waals surface area (Å²) in [7, 11) is 0. The van der Waals surface area contributed by atoms with E-state index in [1.807, 2.05) is 12.4 Å². The van der Waals surface area contributed by atoms with Crippen molar-refractivity contribution in [1.29, 1.82) is 0 Å². The molecule has 2 heterocycles. The van der Waals surface area contributed by atoms with Crippen LogP contribution in [0.15, 0.2) is 29.9 Å². The van der Waals surface area contributed by atoms with E-state index in [0.717, 1.165) is 18.5 Å². The van der Waals surface area contributed by atoms with E-state index in [9.17, 15) is 9.90 Å². The Morgan fingerprint density at radius 2 is 1.84 bits per heavy atom. The first-order valence-corrected chi connectivity index (χ1v) is 11.9. The summed E-state index contributed by atoms with van der Waals surface area (Å²) in [5.41, 5.74) is 1.94. The van der Waals surface area contributed by atoms with Crippen molar-refractivity contribution in [3.8, 4) is 0 Å². The predicted molar refractivity (Wildman–Crippen MR) is 123 cm³/mol. The van der Waals surface area contributed by atoms with Gasteiger partial charge < -0.3 is 20.5 Å². The molecule has 1 aliphatic rings. The predicted octanol–water partition coefficient (Wildman–Crippen LogP) is 5.01. The number of carbonyl (C=O) groups excluding carboxylic acids is 1. The molecule has 0 radical (unpaired) electrons. The number of pyridine rings is 1. The third-order valence-corrected chi connectivity index (χ3v) is 6.25. The van der Waals surface area contributed by atoms with E-state index < -0.39 is 17.9 Å². The second-order valence-corrected chi connectivity index (χ2v) is 10.0. The number of anilines is 1. The Hall–Kier alpha value is -2.19. The number of thiazole rings is 1. The summed E-state index contributed by atoms with van der Waals surface area (Å²) in [6, 6.07) is 4.29. The summed E-state index contributed by atoms with van der Waals surface area (Å²) in [4.78, 5) is 20.6. The topological polar surface area (TPSA) is 96.4 Å². The van der Waals surface area contributed by atoms with Gasteiger partial charge in [-0.15, -0.1) is 11.3 Å². The Morgan fingerprint density at radius 1 is 1.19 bits per heavy atom. The second kappa shape index (κ2) is 10.9. The van der Waals surface area contributed by atoms with E-state index in [0.29, 0.717) is 17.0 Å². The van der Waals surface area contributed by atoms with Crippen molar-refractivity contribution in [1.82, 2.24) is 15.3 Å². The summed E-state index contributed by atoms with van der Waals surface area (Å²) in [6.45, 7) is 5.44. The minimum Gasteiger partial charge on any atom is -0.444 e. The van der Waals surface area contributed by atoms with Gasteiger partial charge in [-0.1, -0.05) is 12.8 Å². The molecule has 3 N–H and O–H groups in total. The highest BCUT2D eigenvalue weighted by Crippen LogP contribution is 2.37. The normalized spacial score (nSPS) is 20.9. The number of amides is 1. The van der Waals surface area contributed by atoms with Crippen molar-refractivity contribution in [3.05, 3.63) is 41.2 Å². The van der Waals surface area contributed by atoms with Gasteiger partial charge in [-0.25, -0.2) is 9.78 Å². The molecule has 1 saturated carbocycles. The Balaban J connectivity index is 1.45. The van der Waals surface area contributed by atoms with Gasteiger partial charge in [0.2, 0.25) is 0 Å². The third kappa shape index (κ3) is 7.78. The number of ether oxygens (including phenoxy) is 1. The first-order valence-electron chi connectivity index (χ1n) is 11.1. The standard InChI is InChI=1S/C23H34N4O3S/c1-23(2,3)30-22(29)25-14-20(28)27-21-26-19(15-31-21)18-8-4-6-16(7-5-9-18)17-10-12-24-13-11-17/h10-13,15-16,18,20,28H,4-9,14H2,1-3H3,(H,25,29)(H,26,27). The Morgan fingerprint density at radius 3 is 2.48 bits per heavy atom. The molecule has 31 heavy (non-hydrogen) atoms. The van der Waals surface area contributed by atoms with Crippen molar-refractivity contribution in [2.45, 2.75) is 83.0 Å². The first kappa shape index (κ1) is 23.5. The van der Waals surface area contributed by atoms with Gasteiger partial charge in [0.25, 0.3) is 0 Å². The molecule has 170 valence electrons. The van der Waals surface area contributed by atoms with Crippen LogP contribution in [0.5, 0.6) is 0 Å². The fourth-order valence-electron chi connectivity index (χ4n) is 4.00. The van der Waals surface area contributed by atoms with E-state index in [-0.39, 0.29) is 6.54 Å². The molecule has 1 aliphatic carbocycles. The zero-order valence-electron chi connectivity index (χ0n) is 18.6. The Bertz CT molecular complexity index is 812. The molecule has 0 aromatic carbocycles. The number of hydrogen-bond donors (Lipinski definition) is 3. The minimum absolute atomic E-state index is 0.0453. The summed E-state index contributed by atoms with van der Waals surface area (Å²) in [5.74, 6) is 1.09. The summed E-state index contributed by atoms with van der Waals surface area (Å²) < 4.78 is 5.17. The van der Waals surface area contributed by atoms with Crippen LogP contribution in [-0.4, -0.2) is 39.5 Å². The molecule has 7 nitrogen and oxygen atoms in total. The zero-order chi connectivity index (χ0) is 22.3. The smallest absolute Gasteiger partial charge is 0.407 e. The fourth-order valence-corrected chi connectivity index (χ4v) is 4.84. The monoisotopic (exact) mass is 446 g/mol. The molecular formula is C23H34N4O3S. The number of nitrogens with one attached hydrogen (secondary N) is 2. The number of alkyl carbamates (subject to hydrolysis) is 1. The number of aliphatic hydroxyl groups is 1. The second-order valence-electron chi connectivity index (χ2n) is 9.16. The van der Waals surface area contributed by atoms with Crippen LogP contribution in [0.4, 0.5) is 9.93 Å². The SMILES string of the molecule is CC(C)(C)OC(=O)NCC(O)Nc1nc(C2CCCC(c3ccncc3)CCC2)cs1. The molecular weight excluding hydrogens is 412 g/mol. The Kier molecular flexibility index (Phi) is 8.26. The van der Waals surface area contributed by atoms with E-state index in [1.165, 1.54) is 42.6 Å². The highest BCUT2D eigenvalue weighted by atomic mass is 32.1. The number of nitrogens with zero attached hydrogens (tertiary/aromatic N) is 2. The van der Waals surface area contributed by atoms with Gasteiger partial charge in [-0.3, -0.25) is 4.98 Å². The highest BCUT2D eigenvalue weighted by molar-refractivity contribution is 7.13. The van der Waals surface area contributed by atoms with Gasteiger partial charge in [0.1, 0.15) is 11.8 Å². The molecule has 3 rings (SSSR count). The maximum Gasteiger partial charge on any atom is 0.407 e. The van der Waals surface area contributed by atoms with Gasteiger partial charge in [-0.05, 0) is 70.1 Å². The minimum atomic E-state index is -0.926. The summed E-state index contributed by atoms with van der Waals surface area (Å²) >= 11 is 1.49. The summed E-state index contributed by atoms with van der Waals surface area (Å²) in [5, 5.41) is 18.5. The molecule has 1 atom stereocenters. The number of aromatic nitrogens is 2. The molecule has 2 aromatic heterocycles. The van der Waals surface area contributed by atoms with Crippen LogP contribution in [0.3, 0.4) is 0 Å². The van der Waals surface area contributed by atoms with Crippen molar-refractivity contribution in [2.24, 2.45) is 0 Å². The number of carbonyl (C=O) groups is 1. The van der Waals surface area contributed by atoms with Crippen LogP contribution in [-0.2, 0) is 4.74 Å².